The lowest BCUT2D eigenvalue weighted by molar-refractivity contribution is 0.0733. The average molecular weight is 451 g/mol. The summed E-state index contributed by atoms with van der Waals surface area (Å²) < 4.78 is 22.0. The van der Waals surface area contributed by atoms with Crippen LogP contribution in [0.5, 0.6) is 23.0 Å². The maximum absolute atomic E-state index is 12.9. The van der Waals surface area contributed by atoms with Crippen molar-refractivity contribution in [2.75, 3.05) is 14.2 Å². The quantitative estimate of drug-likeness (QED) is 0.290. The lowest BCUT2D eigenvalue weighted by Crippen LogP contribution is -2.10. The van der Waals surface area contributed by atoms with E-state index in [1.165, 1.54) is 0 Å². The lowest BCUT2D eigenvalue weighted by atomic mass is 10.1. The van der Waals surface area contributed by atoms with Crippen molar-refractivity contribution in [1.29, 1.82) is 0 Å². The Hall–Kier alpha value is -3.77. The largest absolute Gasteiger partial charge is 0.497 e. The van der Waals surface area contributed by atoms with Crippen LogP contribution in [0.3, 0.4) is 0 Å². The van der Waals surface area contributed by atoms with Crippen LogP contribution in [0.25, 0.3) is 6.08 Å². The fourth-order valence-electron chi connectivity index (χ4n) is 3.35. The summed E-state index contributed by atoms with van der Waals surface area (Å²) in [6, 6.07) is 15.0. The van der Waals surface area contributed by atoms with Gasteiger partial charge in [-0.3, -0.25) is 4.79 Å². The Bertz CT molecular complexity index is 1260. The number of Topliss-reactive ketones (excluding diaryl/α,β-unsaturated/α-hetero) is 1. The van der Waals surface area contributed by atoms with Gasteiger partial charge in [-0.1, -0.05) is 23.7 Å². The van der Waals surface area contributed by atoms with E-state index in [0.717, 1.165) is 0 Å². The predicted octanol–water partition coefficient (Wildman–Crippen LogP) is 5.50. The lowest BCUT2D eigenvalue weighted by Gasteiger charge is -2.11. The molecule has 1 aliphatic rings. The van der Waals surface area contributed by atoms with E-state index in [9.17, 15) is 9.59 Å². The van der Waals surface area contributed by atoms with Gasteiger partial charge in [-0.05, 0) is 55.5 Å². The molecule has 0 N–H and O–H groups in total. The van der Waals surface area contributed by atoms with Gasteiger partial charge in [-0.2, -0.15) is 0 Å². The summed E-state index contributed by atoms with van der Waals surface area (Å²) in [4.78, 5) is 25.5. The Labute approximate surface area is 189 Å². The first kappa shape index (κ1) is 21.5. The summed E-state index contributed by atoms with van der Waals surface area (Å²) in [5.41, 5.74) is 1.79. The van der Waals surface area contributed by atoms with Gasteiger partial charge in [0.15, 0.2) is 5.76 Å². The molecule has 0 atom stereocenters. The van der Waals surface area contributed by atoms with E-state index in [4.69, 9.17) is 30.5 Å². The molecule has 1 heterocycles. The topological polar surface area (TPSA) is 71.1 Å². The van der Waals surface area contributed by atoms with Gasteiger partial charge < -0.3 is 18.9 Å². The highest BCUT2D eigenvalue weighted by molar-refractivity contribution is 6.33. The van der Waals surface area contributed by atoms with Crippen LogP contribution in [0.15, 0.2) is 60.4 Å². The van der Waals surface area contributed by atoms with E-state index < -0.39 is 5.97 Å². The first-order valence-corrected chi connectivity index (χ1v) is 10.1. The minimum absolute atomic E-state index is 0.129. The Kier molecular flexibility index (Phi) is 5.88. The Morgan fingerprint density at radius 3 is 2.47 bits per heavy atom. The van der Waals surface area contributed by atoms with E-state index in [1.807, 2.05) is 0 Å². The molecular weight excluding hydrogens is 432 g/mol. The first-order valence-electron chi connectivity index (χ1n) is 9.69. The molecular formula is C25H19ClO6. The molecule has 0 spiro atoms. The summed E-state index contributed by atoms with van der Waals surface area (Å²) in [6.07, 6.45) is 1.60. The van der Waals surface area contributed by atoms with E-state index >= 15 is 0 Å². The number of halogens is 1. The normalized spacial score (nSPS) is 13.5. The van der Waals surface area contributed by atoms with Gasteiger partial charge in [0, 0.05) is 11.1 Å². The number of benzene rings is 3. The summed E-state index contributed by atoms with van der Waals surface area (Å²) >= 11 is 6.08. The van der Waals surface area contributed by atoms with E-state index in [1.54, 1.807) is 81.8 Å². The van der Waals surface area contributed by atoms with Crippen LogP contribution in [-0.4, -0.2) is 26.0 Å². The number of rotatable bonds is 5. The van der Waals surface area contributed by atoms with Gasteiger partial charge in [0.1, 0.15) is 23.0 Å². The number of fused-ring (bicyclic) bond motifs is 1. The Morgan fingerprint density at radius 2 is 1.75 bits per heavy atom. The second-order valence-electron chi connectivity index (χ2n) is 6.98. The number of carbonyl (C=O) groups is 2. The van der Waals surface area contributed by atoms with Gasteiger partial charge in [0.2, 0.25) is 5.78 Å². The first-order chi connectivity index (χ1) is 15.4. The molecule has 0 fully saturated rings. The highest BCUT2D eigenvalue weighted by Gasteiger charge is 2.31. The summed E-state index contributed by atoms with van der Waals surface area (Å²) in [5.74, 6) is 1.05. The molecule has 0 bridgehead atoms. The van der Waals surface area contributed by atoms with Gasteiger partial charge in [0.05, 0.1) is 30.4 Å². The number of esters is 1. The SMILES string of the molecule is COc1ccc(OC)c(/C=C2\Oc3c(ccc(OC(=O)c4ccccc4Cl)c3C)C2=O)c1. The molecule has 0 radical (unpaired) electrons. The smallest absolute Gasteiger partial charge is 0.345 e. The summed E-state index contributed by atoms with van der Waals surface area (Å²) in [6.45, 7) is 1.72. The second-order valence-corrected chi connectivity index (χ2v) is 7.39. The van der Waals surface area contributed by atoms with Crippen molar-refractivity contribution in [3.8, 4) is 23.0 Å². The molecule has 0 aliphatic carbocycles. The third kappa shape index (κ3) is 3.92. The van der Waals surface area contributed by atoms with Crippen molar-refractivity contribution in [3.63, 3.8) is 0 Å². The monoisotopic (exact) mass is 450 g/mol. The third-order valence-electron chi connectivity index (χ3n) is 5.06. The molecule has 0 aromatic heterocycles. The van der Waals surface area contributed by atoms with Crippen LogP contribution < -0.4 is 18.9 Å². The molecule has 0 saturated carbocycles. The molecule has 0 amide bonds. The highest BCUT2D eigenvalue weighted by Crippen LogP contribution is 2.40. The van der Waals surface area contributed by atoms with Crippen molar-refractivity contribution in [3.05, 3.63) is 87.6 Å². The second kappa shape index (κ2) is 8.77. The standard InChI is InChI=1S/C25H19ClO6/c1-14-20(32-25(28)17-6-4-5-7-19(17)26)11-9-18-23(27)22(31-24(14)18)13-15-12-16(29-2)8-10-21(15)30-3/h4-13H,1-3H3/b22-13-. The predicted molar refractivity (Wildman–Crippen MR) is 120 cm³/mol. The number of hydrogen-bond donors (Lipinski definition) is 0. The molecule has 1 aliphatic heterocycles. The van der Waals surface area contributed by atoms with Crippen molar-refractivity contribution < 1.29 is 28.5 Å². The fraction of sp³-hybridized carbons (Fsp3) is 0.120. The van der Waals surface area contributed by atoms with Crippen LogP contribution in [0.4, 0.5) is 0 Å². The zero-order valence-corrected chi connectivity index (χ0v) is 18.4. The van der Waals surface area contributed by atoms with Crippen LogP contribution in [0, 0.1) is 6.92 Å². The number of ether oxygens (including phenoxy) is 4. The number of ketones is 1. The van der Waals surface area contributed by atoms with Crippen molar-refractivity contribution in [2.45, 2.75) is 6.92 Å². The van der Waals surface area contributed by atoms with E-state index in [0.29, 0.717) is 39.0 Å². The summed E-state index contributed by atoms with van der Waals surface area (Å²) in [7, 11) is 3.10. The number of methoxy groups -OCH3 is 2. The molecule has 162 valence electrons. The van der Waals surface area contributed by atoms with E-state index in [2.05, 4.69) is 0 Å². The fourth-order valence-corrected chi connectivity index (χ4v) is 3.57. The molecule has 3 aromatic carbocycles. The van der Waals surface area contributed by atoms with Crippen molar-refractivity contribution in [2.24, 2.45) is 0 Å². The van der Waals surface area contributed by atoms with Gasteiger partial charge in [-0.25, -0.2) is 4.79 Å². The summed E-state index contributed by atoms with van der Waals surface area (Å²) in [5, 5.41) is 0.292. The highest BCUT2D eigenvalue weighted by atomic mass is 35.5. The number of carbonyl (C=O) groups excluding carboxylic acids is 2. The van der Waals surface area contributed by atoms with Gasteiger partial charge >= 0.3 is 5.97 Å². The zero-order chi connectivity index (χ0) is 22.8. The number of allylic oxidation sites excluding steroid dienone is 1. The Balaban J connectivity index is 1.65. The molecule has 7 heteroatoms. The van der Waals surface area contributed by atoms with Crippen molar-refractivity contribution in [1.82, 2.24) is 0 Å². The Morgan fingerprint density at radius 1 is 1.00 bits per heavy atom. The van der Waals surface area contributed by atoms with E-state index in [-0.39, 0.29) is 22.9 Å². The molecule has 0 unspecified atom stereocenters. The average Bonchev–Trinajstić information content (AvgIpc) is 3.11. The van der Waals surface area contributed by atoms with Gasteiger partial charge in [0.25, 0.3) is 0 Å². The zero-order valence-electron chi connectivity index (χ0n) is 17.6. The minimum Gasteiger partial charge on any atom is -0.497 e. The van der Waals surface area contributed by atoms with Crippen LogP contribution in [-0.2, 0) is 0 Å². The third-order valence-corrected chi connectivity index (χ3v) is 5.39. The van der Waals surface area contributed by atoms with Crippen molar-refractivity contribution >= 4 is 29.4 Å². The van der Waals surface area contributed by atoms with Crippen LogP contribution in [0.1, 0.15) is 31.8 Å². The molecule has 3 aromatic rings. The molecule has 0 saturated heterocycles. The minimum atomic E-state index is -0.597. The van der Waals surface area contributed by atoms with Crippen LogP contribution in [0.2, 0.25) is 5.02 Å². The number of hydrogen-bond acceptors (Lipinski definition) is 6. The van der Waals surface area contributed by atoms with Gasteiger partial charge in [-0.15, -0.1) is 0 Å². The molecule has 6 nitrogen and oxygen atoms in total. The maximum Gasteiger partial charge on any atom is 0.345 e. The molecule has 32 heavy (non-hydrogen) atoms. The maximum atomic E-state index is 12.9. The molecule has 4 rings (SSSR count). The van der Waals surface area contributed by atoms with Crippen LogP contribution >= 0.6 is 11.6 Å².